The fourth-order valence-electron chi connectivity index (χ4n) is 1.73. The number of hydrogen-bond acceptors (Lipinski definition) is 4. The molecule has 20 heavy (non-hydrogen) atoms. The number of phenolic OH excluding ortho intramolecular Hbond substituents is 1. The predicted octanol–water partition coefficient (Wildman–Crippen LogP) is 3.90. The zero-order chi connectivity index (χ0) is 14.1. The van der Waals surface area contributed by atoms with Crippen molar-refractivity contribution in [1.82, 2.24) is 10.1 Å². The molecule has 0 saturated heterocycles. The molecule has 100 valence electrons. The normalized spacial score (nSPS) is 10.7. The van der Waals surface area contributed by atoms with Crippen molar-refractivity contribution in [2.24, 2.45) is 0 Å². The summed E-state index contributed by atoms with van der Waals surface area (Å²) < 4.78 is 18.0. The Hall–Kier alpha value is -2.40. The van der Waals surface area contributed by atoms with Crippen molar-refractivity contribution >= 4 is 11.6 Å². The van der Waals surface area contributed by atoms with Crippen LogP contribution >= 0.6 is 11.6 Å². The standard InChI is InChI=1S/C14H8ClFN2O2/c15-9-3-6-12(19)11(7-9)14-17-13(18-20-14)8-1-4-10(16)5-2-8/h1-7,19H. The highest BCUT2D eigenvalue weighted by molar-refractivity contribution is 6.30. The van der Waals surface area contributed by atoms with Gasteiger partial charge in [0.1, 0.15) is 11.6 Å². The first kappa shape index (κ1) is 12.6. The van der Waals surface area contributed by atoms with Crippen LogP contribution in [0.2, 0.25) is 5.02 Å². The van der Waals surface area contributed by atoms with Crippen LogP contribution in [0.15, 0.2) is 47.0 Å². The molecule has 1 heterocycles. The van der Waals surface area contributed by atoms with Crippen LogP contribution in [0.3, 0.4) is 0 Å². The average Bonchev–Trinajstić information content (AvgIpc) is 2.92. The minimum Gasteiger partial charge on any atom is -0.507 e. The number of aromatic hydroxyl groups is 1. The lowest BCUT2D eigenvalue weighted by atomic mass is 10.2. The monoisotopic (exact) mass is 290 g/mol. The van der Waals surface area contributed by atoms with Gasteiger partial charge in [0.2, 0.25) is 5.82 Å². The highest BCUT2D eigenvalue weighted by atomic mass is 35.5. The van der Waals surface area contributed by atoms with Crippen LogP contribution < -0.4 is 0 Å². The predicted molar refractivity (Wildman–Crippen MR) is 71.8 cm³/mol. The number of phenols is 1. The highest BCUT2D eigenvalue weighted by Gasteiger charge is 2.14. The maximum Gasteiger partial charge on any atom is 0.262 e. The van der Waals surface area contributed by atoms with E-state index in [-0.39, 0.29) is 17.5 Å². The summed E-state index contributed by atoms with van der Waals surface area (Å²) in [6.45, 7) is 0. The average molecular weight is 291 g/mol. The van der Waals surface area contributed by atoms with Crippen molar-refractivity contribution < 1.29 is 14.0 Å². The number of aromatic nitrogens is 2. The third-order valence-electron chi connectivity index (χ3n) is 2.72. The van der Waals surface area contributed by atoms with E-state index in [4.69, 9.17) is 16.1 Å². The van der Waals surface area contributed by atoms with Crippen LogP contribution in [-0.2, 0) is 0 Å². The van der Waals surface area contributed by atoms with Gasteiger partial charge < -0.3 is 9.63 Å². The summed E-state index contributed by atoms with van der Waals surface area (Å²) in [4.78, 5) is 4.16. The van der Waals surface area contributed by atoms with Gasteiger partial charge in [-0.25, -0.2) is 4.39 Å². The third-order valence-corrected chi connectivity index (χ3v) is 2.95. The Bertz CT molecular complexity index is 756. The van der Waals surface area contributed by atoms with Crippen LogP contribution in [0, 0.1) is 5.82 Å². The zero-order valence-electron chi connectivity index (χ0n) is 10.0. The summed E-state index contributed by atoms with van der Waals surface area (Å²) >= 11 is 5.87. The molecule has 0 aliphatic rings. The van der Waals surface area contributed by atoms with Gasteiger partial charge in [0.05, 0.1) is 5.56 Å². The van der Waals surface area contributed by atoms with E-state index in [0.717, 1.165) is 0 Å². The lowest BCUT2D eigenvalue weighted by molar-refractivity contribution is 0.425. The van der Waals surface area contributed by atoms with Gasteiger partial charge in [-0.15, -0.1) is 0 Å². The smallest absolute Gasteiger partial charge is 0.262 e. The molecule has 0 radical (unpaired) electrons. The van der Waals surface area contributed by atoms with Crippen molar-refractivity contribution in [2.75, 3.05) is 0 Å². The summed E-state index contributed by atoms with van der Waals surface area (Å²) in [6.07, 6.45) is 0. The Labute approximate surface area is 118 Å². The number of halogens is 2. The fraction of sp³-hybridized carbons (Fsp3) is 0. The molecule has 0 amide bonds. The van der Waals surface area contributed by atoms with E-state index in [1.165, 1.54) is 24.3 Å². The first-order valence-electron chi connectivity index (χ1n) is 5.72. The molecular weight excluding hydrogens is 283 g/mol. The van der Waals surface area contributed by atoms with Gasteiger partial charge in [-0.2, -0.15) is 4.98 Å². The molecule has 4 nitrogen and oxygen atoms in total. The van der Waals surface area contributed by atoms with Gasteiger partial charge in [0.15, 0.2) is 0 Å². The van der Waals surface area contributed by atoms with Gasteiger partial charge in [-0.1, -0.05) is 16.8 Å². The Kier molecular flexibility index (Phi) is 3.12. The van der Waals surface area contributed by atoms with Gasteiger partial charge in [-0.3, -0.25) is 0 Å². The van der Waals surface area contributed by atoms with Gasteiger partial charge >= 0.3 is 0 Å². The van der Waals surface area contributed by atoms with Gasteiger partial charge in [0.25, 0.3) is 5.89 Å². The van der Waals surface area contributed by atoms with Crippen molar-refractivity contribution in [3.8, 4) is 28.6 Å². The number of rotatable bonds is 2. The highest BCUT2D eigenvalue weighted by Crippen LogP contribution is 2.31. The van der Waals surface area contributed by atoms with Crippen molar-refractivity contribution in [3.05, 3.63) is 53.3 Å². The molecule has 0 unspecified atom stereocenters. The number of benzene rings is 2. The minimum absolute atomic E-state index is 0.0105. The molecule has 2 aromatic carbocycles. The lowest BCUT2D eigenvalue weighted by Crippen LogP contribution is -1.82. The number of hydrogen-bond donors (Lipinski definition) is 1. The zero-order valence-corrected chi connectivity index (χ0v) is 10.8. The molecule has 0 aliphatic heterocycles. The molecule has 0 spiro atoms. The van der Waals surface area contributed by atoms with Crippen molar-refractivity contribution in [3.63, 3.8) is 0 Å². The lowest BCUT2D eigenvalue weighted by Gasteiger charge is -1.99. The van der Waals surface area contributed by atoms with E-state index in [0.29, 0.717) is 22.0 Å². The van der Waals surface area contributed by atoms with E-state index in [2.05, 4.69) is 10.1 Å². The van der Waals surface area contributed by atoms with Crippen LogP contribution in [0.4, 0.5) is 4.39 Å². The molecule has 6 heteroatoms. The van der Waals surface area contributed by atoms with E-state index >= 15 is 0 Å². The maximum atomic E-state index is 12.9. The van der Waals surface area contributed by atoms with Crippen LogP contribution in [0.25, 0.3) is 22.8 Å². The number of nitrogens with zero attached hydrogens (tertiary/aromatic N) is 2. The largest absolute Gasteiger partial charge is 0.507 e. The Morgan fingerprint density at radius 1 is 1.10 bits per heavy atom. The molecule has 0 bridgehead atoms. The second-order valence-corrected chi connectivity index (χ2v) is 4.53. The van der Waals surface area contributed by atoms with Crippen LogP contribution in [0.5, 0.6) is 5.75 Å². The van der Waals surface area contributed by atoms with Crippen LogP contribution in [-0.4, -0.2) is 15.2 Å². The van der Waals surface area contributed by atoms with E-state index in [9.17, 15) is 9.50 Å². The summed E-state index contributed by atoms with van der Waals surface area (Å²) in [6, 6.07) is 10.2. The molecular formula is C14H8ClFN2O2. The van der Waals surface area contributed by atoms with E-state index in [1.54, 1.807) is 18.2 Å². The van der Waals surface area contributed by atoms with Crippen LogP contribution in [0.1, 0.15) is 0 Å². The van der Waals surface area contributed by atoms with Crippen molar-refractivity contribution in [2.45, 2.75) is 0 Å². The van der Waals surface area contributed by atoms with Crippen molar-refractivity contribution in [1.29, 1.82) is 0 Å². The first-order valence-corrected chi connectivity index (χ1v) is 6.10. The summed E-state index contributed by atoms with van der Waals surface area (Å²) in [5.41, 5.74) is 0.960. The fourth-order valence-corrected chi connectivity index (χ4v) is 1.90. The molecule has 3 aromatic rings. The topological polar surface area (TPSA) is 59.2 Å². The second-order valence-electron chi connectivity index (χ2n) is 4.09. The Morgan fingerprint density at radius 2 is 1.85 bits per heavy atom. The third kappa shape index (κ3) is 2.35. The SMILES string of the molecule is Oc1ccc(Cl)cc1-c1nc(-c2ccc(F)cc2)no1. The molecule has 0 aliphatic carbocycles. The first-order chi connectivity index (χ1) is 9.63. The van der Waals surface area contributed by atoms with E-state index < -0.39 is 0 Å². The summed E-state index contributed by atoms with van der Waals surface area (Å²) in [7, 11) is 0. The van der Waals surface area contributed by atoms with Gasteiger partial charge in [0, 0.05) is 10.6 Å². The minimum atomic E-state index is -0.343. The molecule has 0 saturated carbocycles. The van der Waals surface area contributed by atoms with Gasteiger partial charge in [-0.05, 0) is 42.5 Å². The quantitative estimate of drug-likeness (QED) is 0.777. The molecule has 0 atom stereocenters. The Balaban J connectivity index is 2.01. The maximum absolute atomic E-state index is 12.9. The van der Waals surface area contributed by atoms with E-state index in [1.807, 2.05) is 0 Å². The summed E-state index contributed by atoms with van der Waals surface area (Å²) in [5, 5.41) is 14.0. The Morgan fingerprint density at radius 3 is 2.60 bits per heavy atom. The molecule has 3 rings (SSSR count). The second kappa shape index (κ2) is 4.94. The summed E-state index contributed by atoms with van der Waals surface area (Å²) in [5.74, 6) is 0.0948. The molecule has 1 aromatic heterocycles. The molecule has 0 fully saturated rings. The molecule has 1 N–H and O–H groups in total.